The van der Waals surface area contributed by atoms with Gasteiger partial charge in [0.2, 0.25) is 0 Å². The lowest BCUT2D eigenvalue weighted by Crippen LogP contribution is -2.21. The van der Waals surface area contributed by atoms with Crippen LogP contribution < -0.4 is 9.47 Å². The van der Waals surface area contributed by atoms with Crippen molar-refractivity contribution >= 4 is 0 Å². The van der Waals surface area contributed by atoms with Crippen molar-refractivity contribution in [3.05, 3.63) is 23.8 Å². The molecule has 16 heavy (non-hydrogen) atoms. The Labute approximate surface area is 96.6 Å². The molecule has 0 saturated heterocycles. The molecule has 0 aromatic heterocycles. The van der Waals surface area contributed by atoms with E-state index in [9.17, 15) is 0 Å². The van der Waals surface area contributed by atoms with Gasteiger partial charge >= 0.3 is 0 Å². The summed E-state index contributed by atoms with van der Waals surface area (Å²) in [5.41, 5.74) is 1.85. The predicted molar refractivity (Wildman–Crippen MR) is 63.2 cm³/mol. The van der Waals surface area contributed by atoms with Crippen LogP contribution in [0.15, 0.2) is 18.2 Å². The highest BCUT2D eigenvalue weighted by Crippen LogP contribution is 2.62. The third kappa shape index (κ3) is 1.25. The zero-order valence-electron chi connectivity index (χ0n) is 9.95. The van der Waals surface area contributed by atoms with Crippen molar-refractivity contribution in [3.8, 4) is 11.5 Å². The van der Waals surface area contributed by atoms with Gasteiger partial charge in [0.15, 0.2) is 0 Å². The lowest BCUT2D eigenvalue weighted by molar-refractivity contribution is 0.251. The number of fused-ring (bicyclic) bond motifs is 2. The fourth-order valence-electron chi connectivity index (χ4n) is 3.19. The summed E-state index contributed by atoms with van der Waals surface area (Å²) in [6, 6.07) is 6.28. The summed E-state index contributed by atoms with van der Waals surface area (Å²) in [6.45, 7) is 3.15. The molecule has 0 N–H and O–H groups in total. The molecule has 1 heterocycles. The molecule has 2 atom stereocenters. The number of ether oxygens (including phenoxy) is 2. The molecule has 1 fully saturated rings. The van der Waals surface area contributed by atoms with E-state index in [1.54, 1.807) is 7.11 Å². The Morgan fingerprint density at radius 3 is 3.06 bits per heavy atom. The van der Waals surface area contributed by atoms with Gasteiger partial charge in [0.05, 0.1) is 13.7 Å². The number of rotatable bonds is 2. The smallest absolute Gasteiger partial charge is 0.126 e. The average Bonchev–Trinajstić information content (AvgIpc) is 3.03. The highest BCUT2D eigenvalue weighted by molar-refractivity contribution is 5.49. The van der Waals surface area contributed by atoms with Gasteiger partial charge in [-0.05, 0) is 24.8 Å². The first-order valence-corrected chi connectivity index (χ1v) is 6.11. The van der Waals surface area contributed by atoms with Crippen LogP contribution in [0.3, 0.4) is 0 Å². The highest BCUT2D eigenvalue weighted by Gasteiger charge is 2.56. The number of methoxy groups -OCH3 is 1. The first-order chi connectivity index (χ1) is 7.80. The van der Waals surface area contributed by atoms with E-state index in [0.717, 1.165) is 24.0 Å². The molecule has 0 bridgehead atoms. The number of hydrogen-bond acceptors (Lipinski definition) is 2. The SMILES string of the molecule is CC[C@@H]1C[C@]12CCOc1cc(OC)ccc12. The summed E-state index contributed by atoms with van der Waals surface area (Å²) in [7, 11) is 1.70. The van der Waals surface area contributed by atoms with E-state index in [0.29, 0.717) is 5.41 Å². The van der Waals surface area contributed by atoms with Crippen LogP contribution in [0.4, 0.5) is 0 Å². The standard InChI is InChI=1S/C14H18O2/c1-3-10-9-14(10)6-7-16-13-8-11(15-2)4-5-12(13)14/h4-5,8,10H,3,6-7,9H2,1-2H3/t10-,14-/m1/s1. The minimum absolute atomic E-state index is 0.439. The van der Waals surface area contributed by atoms with Crippen LogP contribution >= 0.6 is 0 Å². The van der Waals surface area contributed by atoms with Crippen molar-refractivity contribution in [3.63, 3.8) is 0 Å². The Hall–Kier alpha value is -1.18. The van der Waals surface area contributed by atoms with Crippen LogP contribution in [-0.4, -0.2) is 13.7 Å². The van der Waals surface area contributed by atoms with Gasteiger partial charge in [-0.15, -0.1) is 0 Å². The Balaban J connectivity index is 2.01. The molecule has 2 heteroatoms. The zero-order chi connectivity index (χ0) is 11.2. The van der Waals surface area contributed by atoms with E-state index >= 15 is 0 Å². The van der Waals surface area contributed by atoms with Gasteiger partial charge in [0, 0.05) is 17.0 Å². The van der Waals surface area contributed by atoms with Crippen molar-refractivity contribution in [2.75, 3.05) is 13.7 Å². The van der Waals surface area contributed by atoms with Crippen LogP contribution in [0.5, 0.6) is 11.5 Å². The maximum absolute atomic E-state index is 5.75. The van der Waals surface area contributed by atoms with E-state index in [1.165, 1.54) is 24.8 Å². The summed E-state index contributed by atoms with van der Waals surface area (Å²) in [5, 5.41) is 0. The van der Waals surface area contributed by atoms with Crippen molar-refractivity contribution in [1.29, 1.82) is 0 Å². The third-order valence-corrected chi connectivity index (χ3v) is 4.26. The van der Waals surface area contributed by atoms with E-state index < -0.39 is 0 Å². The van der Waals surface area contributed by atoms with Gasteiger partial charge in [-0.2, -0.15) is 0 Å². The number of hydrogen-bond donors (Lipinski definition) is 0. The van der Waals surface area contributed by atoms with Crippen LogP contribution in [-0.2, 0) is 5.41 Å². The predicted octanol–water partition coefficient (Wildman–Crippen LogP) is 3.15. The van der Waals surface area contributed by atoms with Gasteiger partial charge in [0.1, 0.15) is 11.5 Å². The van der Waals surface area contributed by atoms with Gasteiger partial charge in [-0.25, -0.2) is 0 Å². The van der Waals surface area contributed by atoms with E-state index in [4.69, 9.17) is 9.47 Å². The first kappa shape index (κ1) is 10.0. The lowest BCUT2D eigenvalue weighted by atomic mass is 9.87. The minimum Gasteiger partial charge on any atom is -0.497 e. The Morgan fingerprint density at radius 1 is 1.50 bits per heavy atom. The first-order valence-electron chi connectivity index (χ1n) is 6.11. The monoisotopic (exact) mass is 218 g/mol. The zero-order valence-corrected chi connectivity index (χ0v) is 9.95. The topological polar surface area (TPSA) is 18.5 Å². The average molecular weight is 218 g/mol. The second kappa shape index (κ2) is 3.41. The van der Waals surface area contributed by atoms with Crippen LogP contribution in [0.2, 0.25) is 0 Å². The van der Waals surface area contributed by atoms with Crippen molar-refractivity contribution in [1.82, 2.24) is 0 Å². The molecule has 0 amide bonds. The molecule has 2 nitrogen and oxygen atoms in total. The van der Waals surface area contributed by atoms with E-state index in [1.807, 2.05) is 6.07 Å². The molecule has 1 aromatic rings. The molecular weight excluding hydrogens is 200 g/mol. The van der Waals surface area contributed by atoms with Crippen LogP contribution in [0, 0.1) is 5.92 Å². The molecule has 0 radical (unpaired) electrons. The molecular formula is C14H18O2. The third-order valence-electron chi connectivity index (χ3n) is 4.26. The second-order valence-corrected chi connectivity index (χ2v) is 4.93. The van der Waals surface area contributed by atoms with Crippen molar-refractivity contribution < 1.29 is 9.47 Å². The van der Waals surface area contributed by atoms with Crippen LogP contribution in [0.1, 0.15) is 31.7 Å². The summed E-state index contributed by atoms with van der Waals surface area (Å²) in [5.74, 6) is 2.80. The summed E-state index contributed by atoms with van der Waals surface area (Å²) < 4.78 is 11.0. The van der Waals surface area contributed by atoms with Crippen molar-refractivity contribution in [2.24, 2.45) is 5.92 Å². The van der Waals surface area contributed by atoms with E-state index in [-0.39, 0.29) is 0 Å². The molecule has 0 unspecified atom stereocenters. The highest BCUT2D eigenvalue weighted by atomic mass is 16.5. The molecule has 1 saturated carbocycles. The van der Waals surface area contributed by atoms with Crippen molar-refractivity contribution in [2.45, 2.75) is 31.6 Å². The Kier molecular flexibility index (Phi) is 2.13. The van der Waals surface area contributed by atoms with Gasteiger partial charge in [-0.3, -0.25) is 0 Å². The van der Waals surface area contributed by atoms with Gasteiger partial charge in [0.25, 0.3) is 0 Å². The van der Waals surface area contributed by atoms with Gasteiger partial charge in [-0.1, -0.05) is 19.4 Å². The Morgan fingerprint density at radius 2 is 2.38 bits per heavy atom. The summed E-state index contributed by atoms with van der Waals surface area (Å²) in [6.07, 6.45) is 3.81. The molecule has 1 aliphatic carbocycles. The lowest BCUT2D eigenvalue weighted by Gasteiger charge is -2.27. The maximum atomic E-state index is 5.75. The molecule has 2 aliphatic rings. The van der Waals surface area contributed by atoms with E-state index in [2.05, 4.69) is 19.1 Å². The quantitative estimate of drug-likeness (QED) is 0.759. The molecule has 3 rings (SSSR count). The summed E-state index contributed by atoms with van der Waals surface area (Å²) >= 11 is 0. The largest absolute Gasteiger partial charge is 0.497 e. The fraction of sp³-hybridized carbons (Fsp3) is 0.571. The number of benzene rings is 1. The fourth-order valence-corrected chi connectivity index (χ4v) is 3.19. The van der Waals surface area contributed by atoms with Crippen LogP contribution in [0.25, 0.3) is 0 Å². The van der Waals surface area contributed by atoms with Gasteiger partial charge < -0.3 is 9.47 Å². The maximum Gasteiger partial charge on any atom is 0.126 e. The molecule has 1 aromatic carbocycles. The normalized spacial score (nSPS) is 30.8. The summed E-state index contributed by atoms with van der Waals surface area (Å²) in [4.78, 5) is 0. The Bertz CT molecular complexity index is 413. The second-order valence-electron chi connectivity index (χ2n) is 4.93. The molecule has 1 spiro atoms. The molecule has 1 aliphatic heterocycles. The minimum atomic E-state index is 0.439. The molecule has 86 valence electrons.